The average Bonchev–Trinajstić information content (AvgIpc) is 3.03. The van der Waals surface area contributed by atoms with Gasteiger partial charge in [-0.05, 0) is 61.7 Å². The van der Waals surface area contributed by atoms with E-state index in [1.54, 1.807) is 5.57 Å². The van der Waals surface area contributed by atoms with Crippen molar-refractivity contribution < 1.29 is 14.6 Å². The van der Waals surface area contributed by atoms with Gasteiger partial charge in [-0.3, -0.25) is 0 Å². The van der Waals surface area contributed by atoms with Crippen molar-refractivity contribution in [1.29, 1.82) is 0 Å². The average molecular weight is 335 g/mol. The van der Waals surface area contributed by atoms with Crippen LogP contribution >= 0.6 is 0 Å². The van der Waals surface area contributed by atoms with Crippen LogP contribution in [0.1, 0.15) is 72.1 Å². The van der Waals surface area contributed by atoms with Crippen molar-refractivity contribution >= 4 is 0 Å². The minimum absolute atomic E-state index is 0.0279. The standard InChI is InChI=1S/C21H34O3/c1-18(2)16-7-9-20(12-13-22)8-5-4-6-17(20)19(16,3)10-11-21(18)23-14-15-24-21/h6,16,22H,4-5,7-15H2,1-3H3/t16-,19-,20+/m0/s1. The number of allylic oxidation sites excluding steroid dienone is 2. The number of fused-ring (bicyclic) bond motifs is 3. The van der Waals surface area contributed by atoms with Crippen molar-refractivity contribution in [3.8, 4) is 0 Å². The highest BCUT2D eigenvalue weighted by molar-refractivity contribution is 5.31. The van der Waals surface area contributed by atoms with Crippen LogP contribution in [0.3, 0.4) is 0 Å². The highest BCUT2D eigenvalue weighted by atomic mass is 16.7. The maximum absolute atomic E-state index is 9.74. The summed E-state index contributed by atoms with van der Waals surface area (Å²) in [6.45, 7) is 9.06. The molecule has 136 valence electrons. The lowest BCUT2D eigenvalue weighted by Crippen LogP contribution is -2.62. The van der Waals surface area contributed by atoms with Gasteiger partial charge in [-0.15, -0.1) is 0 Å². The Balaban J connectivity index is 1.74. The molecule has 3 atom stereocenters. The molecule has 0 unspecified atom stereocenters. The number of rotatable bonds is 2. The molecule has 0 amide bonds. The van der Waals surface area contributed by atoms with Crippen molar-refractivity contribution in [1.82, 2.24) is 0 Å². The fourth-order valence-corrected chi connectivity index (χ4v) is 7.11. The van der Waals surface area contributed by atoms with Crippen molar-refractivity contribution in [3.63, 3.8) is 0 Å². The van der Waals surface area contributed by atoms with Gasteiger partial charge in [-0.1, -0.05) is 32.4 Å². The Morgan fingerprint density at radius 1 is 1.08 bits per heavy atom. The molecule has 1 heterocycles. The summed E-state index contributed by atoms with van der Waals surface area (Å²) in [5, 5.41) is 9.74. The minimum atomic E-state index is -0.372. The molecule has 1 spiro atoms. The third kappa shape index (κ3) is 2.07. The van der Waals surface area contributed by atoms with E-state index >= 15 is 0 Å². The van der Waals surface area contributed by atoms with Gasteiger partial charge in [0.1, 0.15) is 0 Å². The maximum atomic E-state index is 9.74. The van der Waals surface area contributed by atoms with Gasteiger partial charge >= 0.3 is 0 Å². The molecule has 3 aliphatic carbocycles. The molecular weight excluding hydrogens is 300 g/mol. The first-order chi connectivity index (χ1) is 11.4. The Hall–Kier alpha value is -0.380. The Labute approximate surface area is 146 Å². The van der Waals surface area contributed by atoms with E-state index in [4.69, 9.17) is 9.47 Å². The number of hydrogen-bond donors (Lipinski definition) is 1. The molecule has 3 heteroatoms. The van der Waals surface area contributed by atoms with E-state index in [9.17, 15) is 5.11 Å². The second-order valence-electron chi connectivity index (χ2n) is 9.44. The van der Waals surface area contributed by atoms with Crippen LogP contribution < -0.4 is 0 Å². The van der Waals surface area contributed by atoms with Crippen LogP contribution in [0.4, 0.5) is 0 Å². The second-order valence-corrected chi connectivity index (χ2v) is 9.44. The number of aliphatic hydroxyl groups excluding tert-OH is 1. The van der Waals surface area contributed by atoms with Gasteiger partial charge < -0.3 is 14.6 Å². The first-order valence-corrected chi connectivity index (χ1v) is 10.0. The monoisotopic (exact) mass is 334 g/mol. The SMILES string of the molecule is CC1(C)[C@@H]2CC[C@@]3(CCO)CCCC=C3[C@@]2(C)CCC12OCCO2. The molecule has 0 bridgehead atoms. The predicted octanol–water partition coefficient (Wildman–Crippen LogP) is 4.44. The number of aliphatic hydroxyl groups is 1. The van der Waals surface area contributed by atoms with Gasteiger partial charge in [-0.2, -0.15) is 0 Å². The fraction of sp³-hybridized carbons (Fsp3) is 0.905. The lowest BCUT2D eigenvalue weighted by Gasteiger charge is -2.64. The molecule has 1 N–H and O–H groups in total. The molecular formula is C21H34O3. The van der Waals surface area contributed by atoms with Gasteiger partial charge in [-0.25, -0.2) is 0 Å². The first kappa shape index (κ1) is 17.1. The smallest absolute Gasteiger partial charge is 0.173 e. The molecule has 1 saturated heterocycles. The van der Waals surface area contributed by atoms with E-state index in [1.807, 2.05) is 0 Å². The second kappa shape index (κ2) is 5.56. The largest absolute Gasteiger partial charge is 0.396 e. The van der Waals surface area contributed by atoms with E-state index in [2.05, 4.69) is 26.8 Å². The summed E-state index contributed by atoms with van der Waals surface area (Å²) < 4.78 is 12.4. The van der Waals surface area contributed by atoms with Gasteiger partial charge in [0.2, 0.25) is 0 Å². The Morgan fingerprint density at radius 3 is 2.54 bits per heavy atom. The minimum Gasteiger partial charge on any atom is -0.396 e. The van der Waals surface area contributed by atoms with Crippen molar-refractivity contribution in [3.05, 3.63) is 11.6 Å². The Morgan fingerprint density at radius 2 is 1.83 bits per heavy atom. The van der Waals surface area contributed by atoms with Crippen LogP contribution in [0, 0.1) is 22.2 Å². The fourth-order valence-electron chi connectivity index (χ4n) is 7.11. The topological polar surface area (TPSA) is 38.7 Å². The molecule has 4 aliphatic rings. The normalized spacial score (nSPS) is 43.2. The van der Waals surface area contributed by atoms with E-state index in [1.165, 1.54) is 32.1 Å². The zero-order chi connectivity index (χ0) is 17.1. The summed E-state index contributed by atoms with van der Waals surface area (Å²) in [4.78, 5) is 0. The summed E-state index contributed by atoms with van der Waals surface area (Å²) >= 11 is 0. The molecule has 0 aromatic rings. The van der Waals surface area contributed by atoms with Gasteiger partial charge in [0.25, 0.3) is 0 Å². The van der Waals surface area contributed by atoms with Crippen LogP contribution in [0.25, 0.3) is 0 Å². The molecule has 24 heavy (non-hydrogen) atoms. The molecule has 3 nitrogen and oxygen atoms in total. The number of hydrogen-bond acceptors (Lipinski definition) is 3. The highest BCUT2D eigenvalue weighted by Crippen LogP contribution is 2.69. The third-order valence-electron chi connectivity index (χ3n) is 8.25. The summed E-state index contributed by atoms with van der Waals surface area (Å²) in [7, 11) is 0. The lowest BCUT2D eigenvalue weighted by molar-refractivity contribution is -0.285. The summed E-state index contributed by atoms with van der Waals surface area (Å²) in [5.74, 6) is 0.219. The van der Waals surface area contributed by atoms with Crippen molar-refractivity contribution in [2.45, 2.75) is 77.9 Å². The molecule has 3 fully saturated rings. The Bertz CT molecular complexity index is 531. The predicted molar refractivity (Wildman–Crippen MR) is 94.6 cm³/mol. The lowest BCUT2D eigenvalue weighted by atomic mass is 9.42. The first-order valence-electron chi connectivity index (χ1n) is 10.0. The van der Waals surface area contributed by atoms with Crippen LogP contribution in [0.15, 0.2) is 11.6 Å². The summed E-state index contributed by atoms with van der Waals surface area (Å²) in [6.07, 6.45) is 11.9. The zero-order valence-electron chi connectivity index (χ0n) is 15.7. The summed E-state index contributed by atoms with van der Waals surface area (Å²) in [6, 6.07) is 0. The van der Waals surface area contributed by atoms with E-state index in [0.717, 1.165) is 32.5 Å². The van der Waals surface area contributed by atoms with Gasteiger partial charge in [0.05, 0.1) is 13.2 Å². The van der Waals surface area contributed by atoms with Crippen molar-refractivity contribution in [2.75, 3.05) is 19.8 Å². The molecule has 4 rings (SSSR count). The van der Waals surface area contributed by atoms with Gasteiger partial charge in [0.15, 0.2) is 5.79 Å². The summed E-state index contributed by atoms with van der Waals surface area (Å²) in [5.41, 5.74) is 2.20. The Kier molecular flexibility index (Phi) is 3.95. The van der Waals surface area contributed by atoms with Gasteiger partial charge in [0, 0.05) is 18.4 Å². The maximum Gasteiger partial charge on any atom is 0.173 e. The third-order valence-corrected chi connectivity index (χ3v) is 8.25. The number of ether oxygens (including phenoxy) is 2. The highest BCUT2D eigenvalue weighted by Gasteiger charge is 2.65. The molecule has 0 aromatic heterocycles. The van der Waals surface area contributed by atoms with Crippen LogP contribution in [-0.2, 0) is 9.47 Å². The van der Waals surface area contributed by atoms with E-state index < -0.39 is 0 Å². The quantitative estimate of drug-likeness (QED) is 0.759. The van der Waals surface area contributed by atoms with Crippen LogP contribution in [-0.4, -0.2) is 30.7 Å². The van der Waals surface area contributed by atoms with Crippen LogP contribution in [0.2, 0.25) is 0 Å². The molecule has 0 radical (unpaired) electrons. The van der Waals surface area contributed by atoms with E-state index in [-0.39, 0.29) is 22.0 Å². The molecule has 1 aliphatic heterocycles. The van der Waals surface area contributed by atoms with Crippen molar-refractivity contribution in [2.24, 2.45) is 22.2 Å². The molecule has 2 saturated carbocycles. The van der Waals surface area contributed by atoms with E-state index in [0.29, 0.717) is 12.5 Å². The molecule has 0 aromatic carbocycles. The van der Waals surface area contributed by atoms with Crippen LogP contribution in [0.5, 0.6) is 0 Å². The zero-order valence-corrected chi connectivity index (χ0v) is 15.7.